The molecular weight excluding hydrogens is 334 g/mol. The Morgan fingerprint density at radius 1 is 1.28 bits per heavy atom. The molecule has 0 unspecified atom stereocenters. The summed E-state index contributed by atoms with van der Waals surface area (Å²) >= 11 is 1.47. The van der Waals surface area contributed by atoms with Gasteiger partial charge in [0.25, 0.3) is 0 Å². The average Bonchev–Trinajstić information content (AvgIpc) is 3.12. The molecule has 0 aliphatic carbocycles. The van der Waals surface area contributed by atoms with Gasteiger partial charge < -0.3 is 9.84 Å². The summed E-state index contributed by atoms with van der Waals surface area (Å²) in [6.07, 6.45) is 6.77. The number of rotatable bonds is 6. The highest BCUT2D eigenvalue weighted by Gasteiger charge is 2.04. The maximum atomic E-state index is 9.71. The Morgan fingerprint density at radius 3 is 2.92 bits per heavy atom. The number of benzene rings is 2. The highest BCUT2D eigenvalue weighted by molar-refractivity contribution is 7.14. The lowest BCUT2D eigenvalue weighted by atomic mass is 10.2. The Balaban J connectivity index is 1.66. The average molecular weight is 349 g/mol. The van der Waals surface area contributed by atoms with Crippen LogP contribution in [-0.2, 0) is 0 Å². The first-order valence-corrected chi connectivity index (χ1v) is 8.33. The van der Waals surface area contributed by atoms with Crippen LogP contribution in [-0.4, -0.2) is 22.9 Å². The molecule has 0 aliphatic rings. The molecule has 2 N–H and O–H groups in total. The second kappa shape index (κ2) is 7.99. The van der Waals surface area contributed by atoms with Gasteiger partial charge in [-0.15, -0.1) is 17.8 Å². The smallest absolute Gasteiger partial charge is 0.203 e. The van der Waals surface area contributed by atoms with Gasteiger partial charge in [-0.2, -0.15) is 5.10 Å². The maximum Gasteiger partial charge on any atom is 0.203 e. The van der Waals surface area contributed by atoms with E-state index in [1.54, 1.807) is 18.3 Å². The summed E-state index contributed by atoms with van der Waals surface area (Å²) in [7, 11) is 0. The Morgan fingerprint density at radius 2 is 2.12 bits per heavy atom. The number of nitrogens with zero attached hydrogens (tertiary/aromatic N) is 2. The molecule has 0 saturated heterocycles. The van der Waals surface area contributed by atoms with Gasteiger partial charge in [-0.1, -0.05) is 36.3 Å². The Labute approximate surface area is 149 Å². The standard InChI is InChI=1S/C19H15N3O2S/c1-2-10-24-18-11-14(8-9-17(18)23)12-20-22-19-21-16(13-25-19)15-6-4-3-5-7-15/h1,3-9,11-13,23H,10H2,(H,21,22)/b20-12+. The number of nitrogens with one attached hydrogen (secondary N) is 1. The van der Waals surface area contributed by atoms with Crippen LogP contribution in [0.15, 0.2) is 59.0 Å². The Kier molecular flexibility index (Phi) is 5.29. The quantitative estimate of drug-likeness (QED) is 0.401. The lowest BCUT2D eigenvalue weighted by Gasteiger charge is -2.05. The van der Waals surface area contributed by atoms with Gasteiger partial charge >= 0.3 is 0 Å². The van der Waals surface area contributed by atoms with Crippen LogP contribution in [0.25, 0.3) is 11.3 Å². The van der Waals surface area contributed by atoms with E-state index >= 15 is 0 Å². The predicted octanol–water partition coefficient (Wildman–Crippen LogP) is 3.97. The first-order valence-electron chi connectivity index (χ1n) is 7.45. The van der Waals surface area contributed by atoms with Crippen molar-refractivity contribution < 1.29 is 9.84 Å². The number of hydrogen-bond acceptors (Lipinski definition) is 6. The number of anilines is 1. The van der Waals surface area contributed by atoms with Crippen molar-refractivity contribution in [1.29, 1.82) is 0 Å². The van der Waals surface area contributed by atoms with Crippen LogP contribution in [0.5, 0.6) is 11.5 Å². The molecule has 0 atom stereocenters. The number of hydrazone groups is 1. The van der Waals surface area contributed by atoms with Crippen LogP contribution < -0.4 is 10.2 Å². The summed E-state index contributed by atoms with van der Waals surface area (Å²) in [5.74, 6) is 2.71. The van der Waals surface area contributed by atoms with E-state index in [1.165, 1.54) is 17.4 Å². The van der Waals surface area contributed by atoms with Crippen LogP contribution in [0.3, 0.4) is 0 Å². The first kappa shape index (κ1) is 16.6. The number of ether oxygens (including phenoxy) is 1. The fourth-order valence-electron chi connectivity index (χ4n) is 2.07. The van der Waals surface area contributed by atoms with Crippen LogP contribution in [0, 0.1) is 12.3 Å². The summed E-state index contributed by atoms with van der Waals surface area (Å²) in [6, 6.07) is 14.9. The molecule has 0 bridgehead atoms. The fourth-order valence-corrected chi connectivity index (χ4v) is 2.74. The summed E-state index contributed by atoms with van der Waals surface area (Å²) in [6.45, 7) is 0.0911. The summed E-state index contributed by atoms with van der Waals surface area (Å²) in [4.78, 5) is 4.49. The minimum Gasteiger partial charge on any atom is -0.504 e. The van der Waals surface area contributed by atoms with Crippen molar-refractivity contribution >= 4 is 22.7 Å². The van der Waals surface area contributed by atoms with Gasteiger partial charge in [0.05, 0.1) is 11.9 Å². The molecule has 2 aromatic carbocycles. The summed E-state index contributed by atoms with van der Waals surface area (Å²) in [5.41, 5.74) is 5.62. The van der Waals surface area contributed by atoms with Crippen LogP contribution >= 0.6 is 11.3 Å². The number of hydrogen-bond donors (Lipinski definition) is 2. The number of phenolic OH excluding ortho intramolecular Hbond substituents is 1. The van der Waals surface area contributed by atoms with E-state index in [9.17, 15) is 5.11 Å². The normalized spacial score (nSPS) is 10.5. The largest absolute Gasteiger partial charge is 0.504 e. The third-order valence-corrected chi connectivity index (χ3v) is 3.99. The summed E-state index contributed by atoms with van der Waals surface area (Å²) < 4.78 is 5.27. The number of phenols is 1. The van der Waals surface area contributed by atoms with Gasteiger partial charge in [0, 0.05) is 10.9 Å². The second-order valence-corrected chi connectivity index (χ2v) is 5.85. The third-order valence-electron chi connectivity index (χ3n) is 3.24. The van der Waals surface area contributed by atoms with E-state index in [4.69, 9.17) is 11.2 Å². The van der Waals surface area contributed by atoms with Crippen molar-refractivity contribution in [1.82, 2.24) is 4.98 Å². The highest BCUT2D eigenvalue weighted by atomic mass is 32.1. The number of aromatic hydroxyl groups is 1. The number of aromatic nitrogens is 1. The van der Waals surface area contributed by atoms with Crippen molar-refractivity contribution in [3.63, 3.8) is 0 Å². The van der Waals surface area contributed by atoms with Crippen molar-refractivity contribution in [2.75, 3.05) is 12.0 Å². The van der Waals surface area contributed by atoms with Gasteiger partial charge in [0.15, 0.2) is 11.5 Å². The Bertz CT molecular complexity index is 914. The van der Waals surface area contributed by atoms with Crippen LogP contribution in [0.4, 0.5) is 5.13 Å². The summed E-state index contributed by atoms with van der Waals surface area (Å²) in [5, 5.41) is 16.5. The van der Waals surface area contributed by atoms with Crippen molar-refractivity contribution in [3.8, 4) is 35.1 Å². The molecule has 6 heteroatoms. The molecule has 0 saturated carbocycles. The van der Waals surface area contributed by atoms with E-state index in [-0.39, 0.29) is 12.4 Å². The minimum absolute atomic E-state index is 0.0350. The molecular formula is C19H15N3O2S. The van der Waals surface area contributed by atoms with Crippen molar-refractivity contribution in [2.45, 2.75) is 0 Å². The zero-order chi connectivity index (χ0) is 17.5. The third kappa shape index (κ3) is 4.37. The molecule has 1 aromatic heterocycles. The maximum absolute atomic E-state index is 9.71. The van der Waals surface area contributed by atoms with Gasteiger partial charge in [-0.3, -0.25) is 5.43 Å². The molecule has 0 spiro atoms. The zero-order valence-corrected chi connectivity index (χ0v) is 14.0. The van der Waals surface area contributed by atoms with E-state index < -0.39 is 0 Å². The fraction of sp³-hybridized carbons (Fsp3) is 0.0526. The predicted molar refractivity (Wildman–Crippen MR) is 101 cm³/mol. The molecule has 3 rings (SSSR count). The van der Waals surface area contributed by atoms with Crippen molar-refractivity contribution in [2.24, 2.45) is 5.10 Å². The van der Waals surface area contributed by atoms with Gasteiger partial charge in [-0.05, 0) is 23.8 Å². The first-order chi connectivity index (χ1) is 12.3. The molecule has 1 heterocycles. The molecule has 3 aromatic rings. The van der Waals surface area contributed by atoms with Crippen LogP contribution in [0.2, 0.25) is 0 Å². The minimum atomic E-state index is 0.0350. The molecule has 0 amide bonds. The zero-order valence-electron chi connectivity index (χ0n) is 13.2. The molecule has 0 aliphatic heterocycles. The molecule has 0 radical (unpaired) electrons. The monoisotopic (exact) mass is 349 g/mol. The molecule has 5 nitrogen and oxygen atoms in total. The molecule has 0 fully saturated rings. The van der Waals surface area contributed by atoms with E-state index in [0.717, 1.165) is 16.8 Å². The van der Waals surface area contributed by atoms with E-state index in [1.807, 2.05) is 35.7 Å². The highest BCUT2D eigenvalue weighted by Crippen LogP contribution is 2.26. The van der Waals surface area contributed by atoms with Gasteiger partial charge in [0.2, 0.25) is 5.13 Å². The SMILES string of the molecule is C#CCOc1cc(/C=N/Nc2nc(-c3ccccc3)cs2)ccc1O. The van der Waals surface area contributed by atoms with Gasteiger partial charge in [-0.25, -0.2) is 4.98 Å². The van der Waals surface area contributed by atoms with Crippen LogP contribution in [0.1, 0.15) is 5.56 Å². The molecule has 25 heavy (non-hydrogen) atoms. The van der Waals surface area contributed by atoms with Crippen molar-refractivity contribution in [3.05, 3.63) is 59.5 Å². The second-order valence-electron chi connectivity index (χ2n) is 4.99. The lowest BCUT2D eigenvalue weighted by Crippen LogP contribution is -1.95. The topological polar surface area (TPSA) is 66.7 Å². The number of terminal acetylenes is 1. The lowest BCUT2D eigenvalue weighted by molar-refractivity contribution is 0.342. The van der Waals surface area contributed by atoms with Gasteiger partial charge in [0.1, 0.15) is 6.61 Å². The van der Waals surface area contributed by atoms with E-state index in [0.29, 0.717) is 10.9 Å². The Hall–Kier alpha value is -3.30. The number of thiazole rings is 1. The molecule has 124 valence electrons. The van der Waals surface area contributed by atoms with E-state index in [2.05, 4.69) is 21.4 Å².